The smallest absolute Gasteiger partial charge is 0.330 e. The number of piperazine rings is 1. The van der Waals surface area contributed by atoms with E-state index in [1.165, 1.54) is 42.0 Å². The molecule has 1 atom stereocenters. The summed E-state index contributed by atoms with van der Waals surface area (Å²) in [6.45, 7) is 1.90. The molecule has 0 unspecified atom stereocenters. The Morgan fingerprint density at radius 3 is 2.59 bits per heavy atom. The lowest BCUT2D eigenvalue weighted by Crippen LogP contribution is -2.59. The van der Waals surface area contributed by atoms with Crippen molar-refractivity contribution in [3.63, 3.8) is 0 Å². The van der Waals surface area contributed by atoms with Crippen LogP contribution in [0.1, 0.15) is 17.3 Å². The summed E-state index contributed by atoms with van der Waals surface area (Å²) in [4.78, 5) is 38.6. The van der Waals surface area contributed by atoms with E-state index in [9.17, 15) is 18.8 Å². The second kappa shape index (κ2) is 6.55. The topological polar surface area (TPSA) is 66.9 Å². The molecule has 1 aliphatic rings. The number of amides is 2. The van der Waals surface area contributed by atoms with E-state index < -0.39 is 17.8 Å². The van der Waals surface area contributed by atoms with E-state index >= 15 is 0 Å². The second-order valence-electron chi connectivity index (χ2n) is 5.01. The zero-order valence-electron chi connectivity index (χ0n) is 12.4. The Morgan fingerprint density at radius 1 is 1.27 bits per heavy atom. The zero-order chi connectivity index (χ0) is 16.3. The number of hydrogen-bond donors (Lipinski definition) is 0. The largest absolute Gasteiger partial charge is 0.467 e. The summed E-state index contributed by atoms with van der Waals surface area (Å²) in [5.41, 5.74) is 0.208. The highest BCUT2D eigenvalue weighted by molar-refractivity contribution is 5.95. The number of carbonyl (C=O) groups is 3. The molecule has 0 saturated carbocycles. The van der Waals surface area contributed by atoms with Gasteiger partial charge in [-0.05, 0) is 18.2 Å². The van der Waals surface area contributed by atoms with Gasteiger partial charge in [0.1, 0.15) is 11.9 Å². The Bertz CT molecular complexity index is 605. The molecule has 6 nitrogen and oxygen atoms in total. The molecule has 1 aromatic carbocycles. The van der Waals surface area contributed by atoms with Crippen molar-refractivity contribution in [2.75, 3.05) is 26.7 Å². The molecular weight excluding hydrogens is 291 g/mol. The first-order chi connectivity index (χ1) is 10.4. The summed E-state index contributed by atoms with van der Waals surface area (Å²) < 4.78 is 17.9. The van der Waals surface area contributed by atoms with Crippen LogP contribution >= 0.6 is 0 Å². The van der Waals surface area contributed by atoms with Gasteiger partial charge in [0.15, 0.2) is 0 Å². The van der Waals surface area contributed by atoms with Crippen LogP contribution in [0.5, 0.6) is 0 Å². The van der Waals surface area contributed by atoms with Crippen molar-refractivity contribution in [3.8, 4) is 0 Å². The van der Waals surface area contributed by atoms with Crippen LogP contribution in [0.4, 0.5) is 4.39 Å². The fraction of sp³-hybridized carbons (Fsp3) is 0.400. The van der Waals surface area contributed by atoms with Crippen molar-refractivity contribution in [3.05, 3.63) is 35.6 Å². The number of ether oxygens (including phenoxy) is 1. The Morgan fingerprint density at radius 2 is 2.00 bits per heavy atom. The summed E-state index contributed by atoms with van der Waals surface area (Å²) in [5, 5.41) is 0. The SMILES string of the molecule is COC(=O)[C@@H]1CN(C(=O)c2cccc(F)c2)CCN1C(C)=O. The highest BCUT2D eigenvalue weighted by Crippen LogP contribution is 2.15. The van der Waals surface area contributed by atoms with E-state index in [1.807, 2.05) is 0 Å². The van der Waals surface area contributed by atoms with Gasteiger partial charge in [0.05, 0.1) is 13.7 Å². The van der Waals surface area contributed by atoms with Gasteiger partial charge < -0.3 is 14.5 Å². The lowest BCUT2D eigenvalue weighted by atomic mass is 10.1. The van der Waals surface area contributed by atoms with Gasteiger partial charge in [-0.15, -0.1) is 0 Å². The maximum atomic E-state index is 13.2. The first-order valence-corrected chi connectivity index (χ1v) is 6.84. The molecule has 0 bridgehead atoms. The van der Waals surface area contributed by atoms with Crippen molar-refractivity contribution >= 4 is 17.8 Å². The predicted molar refractivity (Wildman–Crippen MR) is 75.5 cm³/mol. The van der Waals surface area contributed by atoms with Crippen LogP contribution in [0.15, 0.2) is 24.3 Å². The molecule has 0 N–H and O–H groups in total. The molecule has 7 heteroatoms. The molecule has 2 rings (SSSR count). The average Bonchev–Trinajstić information content (AvgIpc) is 2.52. The van der Waals surface area contributed by atoms with Gasteiger partial charge in [-0.1, -0.05) is 6.07 Å². The van der Waals surface area contributed by atoms with Crippen molar-refractivity contribution in [2.24, 2.45) is 0 Å². The van der Waals surface area contributed by atoms with E-state index in [0.29, 0.717) is 0 Å². The Balaban J connectivity index is 2.18. The summed E-state index contributed by atoms with van der Waals surface area (Å²) in [6, 6.07) is 4.52. The summed E-state index contributed by atoms with van der Waals surface area (Å²) in [5.74, 6) is -1.71. The molecule has 1 fully saturated rings. The minimum Gasteiger partial charge on any atom is -0.467 e. The van der Waals surface area contributed by atoms with Gasteiger partial charge >= 0.3 is 5.97 Å². The van der Waals surface area contributed by atoms with Gasteiger partial charge in [0.25, 0.3) is 5.91 Å². The number of esters is 1. The minimum atomic E-state index is -0.839. The Hall–Kier alpha value is -2.44. The number of nitrogens with zero attached hydrogens (tertiary/aromatic N) is 2. The first-order valence-electron chi connectivity index (χ1n) is 6.84. The van der Waals surface area contributed by atoms with Crippen LogP contribution < -0.4 is 0 Å². The molecule has 22 heavy (non-hydrogen) atoms. The fourth-order valence-corrected chi connectivity index (χ4v) is 2.49. The predicted octanol–water partition coefficient (Wildman–Crippen LogP) is 0.672. The normalized spacial score (nSPS) is 18.0. The number of rotatable bonds is 2. The van der Waals surface area contributed by atoms with Crippen LogP contribution in [0.3, 0.4) is 0 Å². The van der Waals surface area contributed by atoms with Crippen molar-refractivity contribution in [2.45, 2.75) is 13.0 Å². The molecule has 0 aromatic heterocycles. The Labute approximate surface area is 127 Å². The number of methoxy groups -OCH3 is 1. The van der Waals surface area contributed by atoms with Crippen LogP contribution in [0.25, 0.3) is 0 Å². The quantitative estimate of drug-likeness (QED) is 0.753. The monoisotopic (exact) mass is 308 g/mol. The molecule has 2 amide bonds. The Kier molecular flexibility index (Phi) is 4.75. The van der Waals surface area contributed by atoms with E-state index in [4.69, 9.17) is 4.74 Å². The van der Waals surface area contributed by atoms with Gasteiger partial charge in [-0.3, -0.25) is 9.59 Å². The first kappa shape index (κ1) is 15.9. The number of halogens is 1. The van der Waals surface area contributed by atoms with Crippen LogP contribution in [0.2, 0.25) is 0 Å². The summed E-state index contributed by atoms with van der Waals surface area (Å²) in [6.07, 6.45) is 0. The van der Waals surface area contributed by atoms with Gasteiger partial charge in [0, 0.05) is 25.6 Å². The molecular formula is C15H17FN2O4. The average molecular weight is 308 g/mol. The maximum absolute atomic E-state index is 13.2. The van der Waals surface area contributed by atoms with E-state index in [-0.39, 0.29) is 37.0 Å². The van der Waals surface area contributed by atoms with Crippen LogP contribution in [-0.2, 0) is 14.3 Å². The standard InChI is InChI=1S/C15H17FN2O4/c1-10(19)18-7-6-17(9-13(18)15(21)22-2)14(20)11-4-3-5-12(16)8-11/h3-5,8,13H,6-7,9H2,1-2H3/t13-/m0/s1. The molecule has 1 aromatic rings. The molecule has 0 aliphatic carbocycles. The molecule has 1 saturated heterocycles. The fourth-order valence-electron chi connectivity index (χ4n) is 2.49. The van der Waals surface area contributed by atoms with Crippen molar-refractivity contribution in [1.82, 2.24) is 9.80 Å². The van der Waals surface area contributed by atoms with Gasteiger partial charge in [-0.2, -0.15) is 0 Å². The van der Waals surface area contributed by atoms with E-state index in [2.05, 4.69) is 0 Å². The van der Waals surface area contributed by atoms with E-state index in [1.54, 1.807) is 0 Å². The zero-order valence-corrected chi connectivity index (χ0v) is 12.4. The van der Waals surface area contributed by atoms with Crippen LogP contribution in [0, 0.1) is 5.82 Å². The van der Waals surface area contributed by atoms with Gasteiger partial charge in [0.2, 0.25) is 5.91 Å². The summed E-state index contributed by atoms with van der Waals surface area (Å²) in [7, 11) is 1.23. The number of carbonyl (C=O) groups excluding carboxylic acids is 3. The third-order valence-electron chi connectivity index (χ3n) is 3.62. The minimum absolute atomic E-state index is 0.0294. The molecule has 0 radical (unpaired) electrons. The molecule has 118 valence electrons. The molecule has 1 aliphatic heterocycles. The lowest BCUT2D eigenvalue weighted by Gasteiger charge is -2.39. The second-order valence-corrected chi connectivity index (χ2v) is 5.01. The van der Waals surface area contributed by atoms with Crippen molar-refractivity contribution < 1.29 is 23.5 Å². The molecule has 0 spiro atoms. The lowest BCUT2D eigenvalue weighted by molar-refractivity contribution is -0.154. The third-order valence-corrected chi connectivity index (χ3v) is 3.62. The third kappa shape index (κ3) is 3.24. The summed E-state index contributed by atoms with van der Waals surface area (Å²) >= 11 is 0. The van der Waals surface area contributed by atoms with Crippen molar-refractivity contribution in [1.29, 1.82) is 0 Å². The van der Waals surface area contributed by atoms with Gasteiger partial charge in [-0.25, -0.2) is 9.18 Å². The highest BCUT2D eigenvalue weighted by Gasteiger charge is 2.36. The number of benzene rings is 1. The van der Waals surface area contributed by atoms with Crippen LogP contribution in [-0.4, -0.2) is 60.4 Å². The molecule has 1 heterocycles. The maximum Gasteiger partial charge on any atom is 0.330 e. The number of hydrogen-bond acceptors (Lipinski definition) is 4. The highest BCUT2D eigenvalue weighted by atomic mass is 19.1. The van der Waals surface area contributed by atoms with E-state index in [0.717, 1.165) is 6.07 Å².